The number of carboxylic acids is 1. The predicted molar refractivity (Wildman–Crippen MR) is 321 cm³/mol. The first kappa shape index (κ1) is 72.7. The molecule has 12 nitrogen and oxygen atoms in total. The van der Waals surface area contributed by atoms with Gasteiger partial charge in [-0.05, 0) is 109 Å². The molecule has 0 aromatic carbocycles. The lowest BCUT2D eigenvalue weighted by Crippen LogP contribution is -2.61. The number of hydrogen-bond acceptors (Lipinski definition) is 11. The molecule has 0 radical (unpaired) electrons. The number of hydrogen-bond donors (Lipinski definition) is 3. The van der Waals surface area contributed by atoms with Gasteiger partial charge in [-0.1, -0.05) is 221 Å². The third-order valence-electron chi connectivity index (χ3n) is 13.6. The molecule has 0 spiro atoms. The van der Waals surface area contributed by atoms with E-state index in [2.05, 4.69) is 99.8 Å². The third-order valence-corrected chi connectivity index (χ3v) is 13.6. The second-order valence-corrected chi connectivity index (χ2v) is 20.9. The Bertz CT molecular complexity index is 1740. The number of rotatable bonds is 52. The van der Waals surface area contributed by atoms with Crippen LogP contribution in [0.1, 0.15) is 252 Å². The van der Waals surface area contributed by atoms with E-state index in [-0.39, 0.29) is 25.9 Å². The zero-order valence-electron chi connectivity index (χ0n) is 49.6. The van der Waals surface area contributed by atoms with E-state index >= 15 is 0 Å². The number of aliphatic hydroxyl groups excluding tert-OH is 2. The molecule has 0 amide bonds. The molecule has 0 saturated carbocycles. The minimum absolute atomic E-state index is 0.0658. The van der Waals surface area contributed by atoms with Gasteiger partial charge in [-0.2, -0.15) is 0 Å². The molecule has 450 valence electrons. The van der Waals surface area contributed by atoms with Crippen LogP contribution in [0.15, 0.2) is 97.2 Å². The number of carbonyl (C=O) groups is 4. The van der Waals surface area contributed by atoms with Crippen molar-refractivity contribution in [1.29, 1.82) is 0 Å². The van der Waals surface area contributed by atoms with Crippen LogP contribution in [-0.2, 0) is 42.9 Å². The minimum atomic E-state index is -1.93. The highest BCUT2D eigenvalue weighted by atomic mass is 16.7. The number of allylic oxidation sites excluding steroid dienone is 16. The smallest absolute Gasteiger partial charge is 0.335 e. The van der Waals surface area contributed by atoms with Gasteiger partial charge in [-0.25, -0.2) is 4.79 Å². The van der Waals surface area contributed by atoms with Gasteiger partial charge in [0.1, 0.15) is 18.8 Å². The standard InChI is InChI=1S/C67H110O12/c1-4-7-10-13-16-19-22-25-27-29-30-32-33-36-38-41-44-47-50-53-59(68)75-56-58(77-60(69)54-51-48-45-42-40-37-34-31-28-26-23-20-17-14-11-8-5-2)57-76-67-65(63(72)62(71)64(79-67)66(73)74)78-61(70)55-52-49-46-43-39-35-24-21-18-15-12-9-6-3/h9,12,16,18-19,21,25-28,30,32,35,39,46,49,58,62-65,67,71-72H,4-8,10-11,13-15,17,20,22-24,29,31,33-34,36-38,40-45,47-48,50-57H2,1-3H3,(H,73,74)/b12-9-,19-16-,21-18-,27-25-,28-26-,32-30-,39-35-,49-46-. The molecular weight excluding hydrogens is 997 g/mol. The summed E-state index contributed by atoms with van der Waals surface area (Å²) < 4.78 is 28.4. The number of aliphatic hydroxyl groups is 2. The van der Waals surface area contributed by atoms with Gasteiger partial charge in [-0.15, -0.1) is 0 Å². The highest BCUT2D eigenvalue weighted by Gasteiger charge is 2.50. The largest absolute Gasteiger partial charge is 0.479 e. The van der Waals surface area contributed by atoms with Crippen molar-refractivity contribution in [3.05, 3.63) is 97.2 Å². The number of carbonyl (C=O) groups excluding carboxylic acids is 3. The van der Waals surface area contributed by atoms with Gasteiger partial charge in [0.15, 0.2) is 24.6 Å². The van der Waals surface area contributed by atoms with E-state index in [1.807, 2.05) is 18.2 Å². The summed E-state index contributed by atoms with van der Waals surface area (Å²) in [5.74, 6) is -3.25. The fourth-order valence-electron chi connectivity index (χ4n) is 8.85. The molecule has 0 aromatic heterocycles. The van der Waals surface area contributed by atoms with Crippen LogP contribution >= 0.6 is 0 Å². The molecule has 12 heteroatoms. The van der Waals surface area contributed by atoms with E-state index < -0.39 is 67.3 Å². The Morgan fingerprint density at radius 1 is 0.430 bits per heavy atom. The van der Waals surface area contributed by atoms with E-state index in [0.29, 0.717) is 25.7 Å². The number of carboxylic acid groups (broad SMARTS) is 1. The first-order chi connectivity index (χ1) is 38.6. The van der Waals surface area contributed by atoms with E-state index in [1.54, 1.807) is 0 Å². The van der Waals surface area contributed by atoms with E-state index in [0.717, 1.165) is 103 Å². The Labute approximate surface area is 479 Å². The quantitative estimate of drug-likeness (QED) is 0.0228. The minimum Gasteiger partial charge on any atom is -0.479 e. The Kier molecular flexibility index (Phi) is 49.9. The molecule has 1 rings (SSSR count). The molecule has 3 N–H and O–H groups in total. The summed E-state index contributed by atoms with van der Waals surface area (Å²) in [6.45, 7) is 5.80. The molecule has 0 aliphatic carbocycles. The van der Waals surface area contributed by atoms with Crippen LogP contribution in [0.3, 0.4) is 0 Å². The fraction of sp³-hybridized carbons (Fsp3) is 0.701. The van der Waals surface area contributed by atoms with Crippen LogP contribution in [-0.4, -0.2) is 89.2 Å². The number of unbranched alkanes of at least 4 members (excludes halogenated alkanes) is 22. The maximum absolute atomic E-state index is 13.2. The zero-order chi connectivity index (χ0) is 57.5. The van der Waals surface area contributed by atoms with Gasteiger partial charge in [0.2, 0.25) is 0 Å². The number of aliphatic carboxylic acids is 1. The molecule has 1 saturated heterocycles. The van der Waals surface area contributed by atoms with Crippen molar-refractivity contribution in [1.82, 2.24) is 0 Å². The van der Waals surface area contributed by atoms with Crippen LogP contribution in [0.25, 0.3) is 0 Å². The molecular formula is C67H110O12. The van der Waals surface area contributed by atoms with E-state index in [1.165, 1.54) is 83.5 Å². The second kappa shape index (κ2) is 54.2. The van der Waals surface area contributed by atoms with Gasteiger partial charge in [0, 0.05) is 19.3 Å². The summed E-state index contributed by atoms with van der Waals surface area (Å²) in [5, 5.41) is 31.5. The Morgan fingerprint density at radius 2 is 0.823 bits per heavy atom. The average molecular weight is 1110 g/mol. The Hall–Kier alpha value is -4.36. The lowest BCUT2D eigenvalue weighted by molar-refractivity contribution is -0.301. The molecule has 0 bridgehead atoms. The van der Waals surface area contributed by atoms with Gasteiger partial charge < -0.3 is 39.0 Å². The first-order valence-corrected chi connectivity index (χ1v) is 31.2. The summed E-state index contributed by atoms with van der Waals surface area (Å²) in [6.07, 6.45) is 59.6. The van der Waals surface area contributed by atoms with Gasteiger partial charge in [0.05, 0.1) is 6.61 Å². The second-order valence-electron chi connectivity index (χ2n) is 20.9. The summed E-state index contributed by atoms with van der Waals surface area (Å²) >= 11 is 0. The van der Waals surface area contributed by atoms with Crippen molar-refractivity contribution in [2.45, 2.75) is 289 Å². The SMILES string of the molecule is CC/C=C\C/C=C\C/C=C\C/C=C\CCC(=O)OC1C(OCC(COC(=O)CCCCCCCC/C=C\C/C=C\C/C=C\CCCCC)OC(=O)CCCCCCCCC/C=C\CCCCCCCC)OC(C(=O)O)C(O)C1O. The Balaban J connectivity index is 2.71. The van der Waals surface area contributed by atoms with E-state index in [4.69, 9.17) is 23.7 Å². The van der Waals surface area contributed by atoms with Gasteiger partial charge in [-0.3, -0.25) is 14.4 Å². The summed E-state index contributed by atoms with van der Waals surface area (Å²) in [4.78, 5) is 51.2. The molecule has 6 unspecified atom stereocenters. The van der Waals surface area contributed by atoms with Crippen molar-refractivity contribution in [3.8, 4) is 0 Å². The van der Waals surface area contributed by atoms with Crippen molar-refractivity contribution in [3.63, 3.8) is 0 Å². The summed E-state index contributed by atoms with van der Waals surface area (Å²) in [6, 6.07) is 0. The maximum Gasteiger partial charge on any atom is 0.335 e. The molecule has 1 aliphatic rings. The van der Waals surface area contributed by atoms with Crippen LogP contribution in [0.4, 0.5) is 0 Å². The lowest BCUT2D eigenvalue weighted by Gasteiger charge is -2.40. The highest BCUT2D eigenvalue weighted by Crippen LogP contribution is 2.26. The van der Waals surface area contributed by atoms with Crippen molar-refractivity contribution < 1.29 is 58.2 Å². The van der Waals surface area contributed by atoms with Gasteiger partial charge in [0.25, 0.3) is 0 Å². The predicted octanol–water partition coefficient (Wildman–Crippen LogP) is 16.5. The molecule has 79 heavy (non-hydrogen) atoms. The summed E-state index contributed by atoms with van der Waals surface area (Å²) in [7, 11) is 0. The normalized spacial score (nSPS) is 18.5. The van der Waals surface area contributed by atoms with Crippen molar-refractivity contribution in [2.24, 2.45) is 0 Å². The molecule has 1 aliphatic heterocycles. The average Bonchev–Trinajstić information content (AvgIpc) is 3.46. The van der Waals surface area contributed by atoms with Crippen LogP contribution in [0, 0.1) is 0 Å². The van der Waals surface area contributed by atoms with Crippen molar-refractivity contribution in [2.75, 3.05) is 13.2 Å². The molecule has 1 heterocycles. The molecule has 6 atom stereocenters. The molecule has 0 aromatic rings. The lowest BCUT2D eigenvalue weighted by atomic mass is 9.98. The Morgan fingerprint density at radius 3 is 1.30 bits per heavy atom. The zero-order valence-corrected chi connectivity index (χ0v) is 49.6. The topological polar surface area (TPSA) is 175 Å². The van der Waals surface area contributed by atoms with Crippen LogP contribution in [0.5, 0.6) is 0 Å². The van der Waals surface area contributed by atoms with Crippen LogP contribution < -0.4 is 0 Å². The number of ether oxygens (including phenoxy) is 5. The maximum atomic E-state index is 13.2. The summed E-state index contributed by atoms with van der Waals surface area (Å²) in [5.41, 5.74) is 0. The monoisotopic (exact) mass is 1110 g/mol. The first-order valence-electron chi connectivity index (χ1n) is 31.2. The van der Waals surface area contributed by atoms with Gasteiger partial charge >= 0.3 is 23.9 Å². The number of esters is 3. The van der Waals surface area contributed by atoms with E-state index in [9.17, 15) is 34.5 Å². The van der Waals surface area contributed by atoms with Crippen molar-refractivity contribution >= 4 is 23.9 Å². The molecule has 1 fully saturated rings. The van der Waals surface area contributed by atoms with Crippen LogP contribution in [0.2, 0.25) is 0 Å². The highest BCUT2D eigenvalue weighted by molar-refractivity contribution is 5.74. The fourth-order valence-corrected chi connectivity index (χ4v) is 8.85. The third kappa shape index (κ3) is 44.0.